The van der Waals surface area contributed by atoms with Gasteiger partial charge in [-0.3, -0.25) is 4.79 Å². The number of hydroxylamine groups is 1. The van der Waals surface area contributed by atoms with Gasteiger partial charge in [0, 0.05) is 0 Å². The summed E-state index contributed by atoms with van der Waals surface area (Å²) >= 11 is 0. The molecule has 1 rings (SSSR count). The highest BCUT2D eigenvalue weighted by molar-refractivity contribution is 5.46. The van der Waals surface area contributed by atoms with E-state index in [1.165, 1.54) is 11.6 Å². The van der Waals surface area contributed by atoms with Crippen molar-refractivity contribution in [1.29, 1.82) is 0 Å². The van der Waals surface area contributed by atoms with E-state index >= 15 is 0 Å². The van der Waals surface area contributed by atoms with Crippen LogP contribution in [0.4, 0.5) is 0 Å². The second-order valence-corrected chi connectivity index (χ2v) is 1.22. The standard InChI is InChI=1S/C4H5N2O2/c7-4-5-6-2-1-3-8-6/h1-2H,3H2,(H,5,7). The van der Waals surface area contributed by atoms with Gasteiger partial charge in [0.25, 0.3) is 0 Å². The van der Waals surface area contributed by atoms with E-state index in [-0.39, 0.29) is 0 Å². The summed E-state index contributed by atoms with van der Waals surface area (Å²) in [6, 6.07) is 0. The number of carbonyl (C=O) groups excluding carboxylic acids is 1. The summed E-state index contributed by atoms with van der Waals surface area (Å²) in [5.74, 6) is 0. The van der Waals surface area contributed by atoms with Crippen LogP contribution in [0.25, 0.3) is 0 Å². The van der Waals surface area contributed by atoms with E-state index < -0.39 is 0 Å². The van der Waals surface area contributed by atoms with Crippen molar-refractivity contribution in [3.63, 3.8) is 0 Å². The Morgan fingerprint density at radius 3 is 3.25 bits per heavy atom. The molecule has 4 heteroatoms. The number of hydrogen-bond donors (Lipinski definition) is 1. The first-order valence-corrected chi connectivity index (χ1v) is 2.15. The number of rotatable bonds is 2. The fraction of sp³-hybridized carbons (Fsp3) is 0.250. The zero-order valence-electron chi connectivity index (χ0n) is 4.13. The van der Waals surface area contributed by atoms with Gasteiger partial charge < -0.3 is 0 Å². The molecule has 0 unspecified atom stereocenters. The minimum Gasteiger partial charge on any atom is -0.262 e. The van der Waals surface area contributed by atoms with Crippen LogP contribution in [0.1, 0.15) is 0 Å². The van der Waals surface area contributed by atoms with Crippen LogP contribution in [0, 0.1) is 0 Å². The van der Waals surface area contributed by atoms with Gasteiger partial charge in [-0.2, -0.15) is 5.17 Å². The lowest BCUT2D eigenvalue weighted by molar-refractivity contribution is -0.113. The monoisotopic (exact) mass is 113 g/mol. The molecule has 1 amide bonds. The van der Waals surface area contributed by atoms with E-state index in [1.54, 1.807) is 12.3 Å². The molecule has 1 N–H and O–H groups in total. The van der Waals surface area contributed by atoms with Gasteiger partial charge in [-0.1, -0.05) is 0 Å². The molecule has 1 radical (unpaired) electrons. The molecule has 0 aromatic carbocycles. The third-order valence-corrected chi connectivity index (χ3v) is 0.706. The highest BCUT2D eigenvalue weighted by Crippen LogP contribution is 1.93. The maximum Gasteiger partial charge on any atom is 0.331 e. The molecule has 0 saturated carbocycles. The number of nitrogens with one attached hydrogen (secondary N) is 1. The molecule has 43 valence electrons. The average Bonchev–Trinajstić information content (AvgIpc) is 2.19. The summed E-state index contributed by atoms with van der Waals surface area (Å²) in [5.41, 5.74) is 2.16. The molecule has 1 aliphatic heterocycles. The van der Waals surface area contributed by atoms with Crippen molar-refractivity contribution in [2.45, 2.75) is 0 Å². The van der Waals surface area contributed by atoms with Crippen LogP contribution < -0.4 is 5.43 Å². The molecular formula is C4H5N2O2. The van der Waals surface area contributed by atoms with Gasteiger partial charge in [-0.05, 0) is 6.08 Å². The molecule has 0 fully saturated rings. The molecule has 0 atom stereocenters. The van der Waals surface area contributed by atoms with Gasteiger partial charge in [0.05, 0.1) is 12.8 Å². The fourth-order valence-electron chi connectivity index (χ4n) is 0.420. The number of nitrogens with zero attached hydrogens (tertiary/aromatic N) is 1. The third kappa shape index (κ3) is 0.974. The first-order valence-electron chi connectivity index (χ1n) is 2.15. The Hall–Kier alpha value is -1.03. The third-order valence-electron chi connectivity index (χ3n) is 0.706. The van der Waals surface area contributed by atoms with Crippen molar-refractivity contribution in [2.24, 2.45) is 0 Å². The molecular weight excluding hydrogens is 108 g/mol. The Labute approximate surface area is 46.6 Å². The van der Waals surface area contributed by atoms with Gasteiger partial charge in [-0.25, -0.2) is 10.3 Å². The summed E-state index contributed by atoms with van der Waals surface area (Å²) in [6.45, 7) is 0.509. The van der Waals surface area contributed by atoms with Crippen molar-refractivity contribution in [3.05, 3.63) is 12.3 Å². The Kier molecular flexibility index (Phi) is 1.48. The number of amides is 1. The van der Waals surface area contributed by atoms with Crippen LogP contribution >= 0.6 is 0 Å². The molecule has 0 aliphatic carbocycles. The molecule has 0 saturated heterocycles. The zero-order valence-corrected chi connectivity index (χ0v) is 4.13. The van der Waals surface area contributed by atoms with E-state index in [0.29, 0.717) is 6.61 Å². The van der Waals surface area contributed by atoms with E-state index in [1.807, 2.05) is 0 Å². The van der Waals surface area contributed by atoms with Crippen LogP contribution in [0.15, 0.2) is 12.3 Å². The van der Waals surface area contributed by atoms with Gasteiger partial charge in [0.2, 0.25) is 0 Å². The van der Waals surface area contributed by atoms with Crippen molar-refractivity contribution >= 4 is 6.41 Å². The maximum atomic E-state index is 9.57. The summed E-state index contributed by atoms with van der Waals surface area (Å²) in [4.78, 5) is 14.3. The number of hydrogen-bond acceptors (Lipinski definition) is 3. The largest absolute Gasteiger partial charge is 0.331 e. The molecule has 8 heavy (non-hydrogen) atoms. The van der Waals surface area contributed by atoms with Crippen LogP contribution in [0.2, 0.25) is 0 Å². The van der Waals surface area contributed by atoms with Crippen molar-refractivity contribution in [2.75, 3.05) is 6.61 Å². The minimum atomic E-state index is 0.509. The molecule has 0 aromatic rings. The second-order valence-electron chi connectivity index (χ2n) is 1.22. The van der Waals surface area contributed by atoms with Gasteiger partial charge in [0.15, 0.2) is 0 Å². The SMILES string of the molecule is O=[C]NN1C=CCO1. The molecule has 1 heterocycles. The predicted octanol–water partition coefficient (Wildman–Crippen LogP) is -0.681. The van der Waals surface area contributed by atoms with Crippen molar-refractivity contribution in [1.82, 2.24) is 10.6 Å². The second kappa shape index (κ2) is 2.32. The zero-order chi connectivity index (χ0) is 5.82. The van der Waals surface area contributed by atoms with E-state index in [9.17, 15) is 4.79 Å². The summed E-state index contributed by atoms with van der Waals surface area (Å²) in [6.07, 6.45) is 4.83. The number of hydrazine groups is 1. The Morgan fingerprint density at radius 1 is 1.88 bits per heavy atom. The van der Waals surface area contributed by atoms with Crippen LogP contribution in [-0.4, -0.2) is 18.2 Å². The Morgan fingerprint density at radius 2 is 2.75 bits per heavy atom. The maximum absolute atomic E-state index is 9.57. The van der Waals surface area contributed by atoms with Crippen LogP contribution in [0.5, 0.6) is 0 Å². The van der Waals surface area contributed by atoms with Gasteiger partial charge in [0.1, 0.15) is 0 Å². The smallest absolute Gasteiger partial charge is 0.262 e. The minimum absolute atomic E-state index is 0.509. The van der Waals surface area contributed by atoms with E-state index in [0.717, 1.165) is 0 Å². The van der Waals surface area contributed by atoms with E-state index in [4.69, 9.17) is 4.84 Å². The predicted molar refractivity (Wildman–Crippen MR) is 25.8 cm³/mol. The quantitative estimate of drug-likeness (QED) is 0.482. The summed E-state index contributed by atoms with van der Waals surface area (Å²) < 4.78 is 0. The summed E-state index contributed by atoms with van der Waals surface area (Å²) in [7, 11) is 0. The van der Waals surface area contributed by atoms with Crippen LogP contribution in [-0.2, 0) is 9.63 Å². The molecule has 4 nitrogen and oxygen atoms in total. The lowest BCUT2D eigenvalue weighted by atomic mass is 10.7. The molecule has 0 spiro atoms. The highest BCUT2D eigenvalue weighted by atomic mass is 16.7. The Balaban J connectivity index is 2.25. The lowest BCUT2D eigenvalue weighted by Gasteiger charge is -2.08. The van der Waals surface area contributed by atoms with Crippen molar-refractivity contribution < 1.29 is 9.63 Å². The highest BCUT2D eigenvalue weighted by Gasteiger charge is 2.00. The molecule has 0 aromatic heterocycles. The van der Waals surface area contributed by atoms with E-state index in [2.05, 4.69) is 5.43 Å². The normalized spacial score (nSPS) is 16.8. The first kappa shape index (κ1) is 5.11. The lowest BCUT2D eigenvalue weighted by Crippen LogP contribution is -2.29. The Bertz CT molecular complexity index is 113. The fourth-order valence-corrected chi connectivity index (χ4v) is 0.420. The van der Waals surface area contributed by atoms with Gasteiger partial charge >= 0.3 is 6.41 Å². The molecule has 1 aliphatic rings. The van der Waals surface area contributed by atoms with Crippen molar-refractivity contribution in [3.8, 4) is 0 Å². The van der Waals surface area contributed by atoms with Gasteiger partial charge in [-0.15, -0.1) is 0 Å². The summed E-state index contributed by atoms with van der Waals surface area (Å²) in [5, 5.41) is 1.19. The first-order chi connectivity index (χ1) is 3.93. The van der Waals surface area contributed by atoms with Crippen LogP contribution in [0.3, 0.4) is 0 Å². The topological polar surface area (TPSA) is 41.6 Å². The molecule has 0 bridgehead atoms. The average molecular weight is 113 g/mol.